The van der Waals surface area contributed by atoms with E-state index >= 15 is 0 Å². The first-order valence-corrected chi connectivity index (χ1v) is 8.21. The van der Waals surface area contributed by atoms with Crippen molar-refractivity contribution in [1.29, 1.82) is 0 Å². The fourth-order valence-electron chi connectivity index (χ4n) is 1.18. The third kappa shape index (κ3) is 4.87. The maximum atomic E-state index is 11.8. The van der Waals surface area contributed by atoms with Crippen LogP contribution >= 0.6 is 23.5 Å². The van der Waals surface area contributed by atoms with E-state index in [-0.39, 0.29) is 6.03 Å². The van der Waals surface area contributed by atoms with Crippen molar-refractivity contribution in [3.05, 3.63) is 17.2 Å². The maximum Gasteiger partial charge on any atom is 0.324 e. The summed E-state index contributed by atoms with van der Waals surface area (Å²) in [4.78, 5) is 15.1. The molecule has 1 aromatic heterocycles. The average Bonchev–Trinajstić information content (AvgIpc) is 2.61. The molecule has 1 heterocycles. The van der Waals surface area contributed by atoms with E-state index in [4.69, 9.17) is 11.6 Å². The van der Waals surface area contributed by atoms with Gasteiger partial charge in [0.15, 0.2) is 0 Å². The number of carbonyl (C=O) groups is 1. The molecular weight excluding hydrogens is 296 g/mol. The summed E-state index contributed by atoms with van der Waals surface area (Å²) in [5.74, 6) is 1.38. The zero-order chi connectivity index (χ0) is 13.5. The first kappa shape index (κ1) is 15.3. The van der Waals surface area contributed by atoms with Gasteiger partial charge in [-0.3, -0.25) is 8.93 Å². The summed E-state index contributed by atoms with van der Waals surface area (Å²) in [5, 5.41) is 3.12. The Hall–Kier alpha value is -0.730. The quantitative estimate of drug-likeness (QED) is 0.766. The predicted molar refractivity (Wildman–Crippen MR) is 75.0 cm³/mol. The molecule has 6 nitrogen and oxygen atoms in total. The largest absolute Gasteiger partial charge is 0.337 e. The first-order chi connectivity index (χ1) is 8.54. The molecule has 0 saturated carbocycles. The fraction of sp³-hybridized carbons (Fsp3) is 0.556. The molecule has 2 N–H and O–H groups in total. The van der Waals surface area contributed by atoms with Crippen molar-refractivity contribution in [2.75, 3.05) is 18.6 Å². The summed E-state index contributed by atoms with van der Waals surface area (Å²) in [6.45, 7) is 0.358. The molecule has 1 aromatic rings. The molecule has 0 saturated heterocycles. The van der Waals surface area contributed by atoms with Crippen LogP contribution in [0.4, 0.5) is 4.79 Å². The third-order valence-corrected chi connectivity index (χ3v) is 4.11. The van der Waals surface area contributed by atoms with Gasteiger partial charge in [0, 0.05) is 36.4 Å². The van der Waals surface area contributed by atoms with Crippen LogP contribution in [0.2, 0.25) is 5.15 Å². The van der Waals surface area contributed by atoms with Crippen LogP contribution < -0.4 is 10.0 Å². The molecular formula is C9H15ClN4O2S2. The molecule has 18 heavy (non-hydrogen) atoms. The highest BCUT2D eigenvalue weighted by Gasteiger charge is 2.09. The van der Waals surface area contributed by atoms with Crippen LogP contribution in [0.5, 0.6) is 0 Å². The number of nitrogens with one attached hydrogen (secondary N) is 2. The zero-order valence-electron chi connectivity index (χ0n) is 10.1. The van der Waals surface area contributed by atoms with Gasteiger partial charge in [-0.05, 0) is 0 Å². The van der Waals surface area contributed by atoms with Crippen molar-refractivity contribution in [1.82, 2.24) is 19.6 Å². The number of imidazole rings is 1. The van der Waals surface area contributed by atoms with Gasteiger partial charge in [0.2, 0.25) is 0 Å². The van der Waals surface area contributed by atoms with Gasteiger partial charge < -0.3 is 9.88 Å². The standard InChI is InChI=1S/C9H15ClN4O2S2/c1-14-7(10)5-12-8(14)6-18(16)4-3-11-9(15)13-17-2/h5H,3-4,6H2,1-2H3,(H2,11,13,15). The van der Waals surface area contributed by atoms with Crippen molar-refractivity contribution in [2.24, 2.45) is 7.05 Å². The number of halogens is 1. The summed E-state index contributed by atoms with van der Waals surface area (Å²) >= 11 is 7.04. The highest BCUT2D eigenvalue weighted by molar-refractivity contribution is 7.97. The predicted octanol–water partition coefficient (Wildman–Crippen LogP) is 0.899. The van der Waals surface area contributed by atoms with Crippen LogP contribution in [-0.4, -0.2) is 38.3 Å². The van der Waals surface area contributed by atoms with Gasteiger partial charge in [-0.1, -0.05) is 23.5 Å². The number of hydrogen-bond acceptors (Lipinski definition) is 4. The number of amides is 2. The lowest BCUT2D eigenvalue weighted by Gasteiger charge is -2.05. The van der Waals surface area contributed by atoms with E-state index in [9.17, 15) is 9.00 Å². The summed E-state index contributed by atoms with van der Waals surface area (Å²) in [7, 11) is 0.690. The van der Waals surface area contributed by atoms with Gasteiger partial charge in [-0.25, -0.2) is 9.78 Å². The number of urea groups is 1. The van der Waals surface area contributed by atoms with Gasteiger partial charge >= 0.3 is 6.03 Å². The number of rotatable bonds is 6. The highest BCUT2D eigenvalue weighted by Crippen LogP contribution is 2.10. The molecule has 0 spiro atoms. The molecule has 0 aliphatic heterocycles. The first-order valence-electron chi connectivity index (χ1n) is 5.12. The zero-order valence-corrected chi connectivity index (χ0v) is 12.5. The molecule has 1 atom stereocenters. The molecule has 0 bridgehead atoms. The molecule has 102 valence electrons. The van der Waals surface area contributed by atoms with Gasteiger partial charge in [0.1, 0.15) is 11.0 Å². The van der Waals surface area contributed by atoms with Crippen LogP contribution in [0, 0.1) is 0 Å². The average molecular weight is 311 g/mol. The Bertz CT molecular complexity index is 438. The fourth-order valence-corrected chi connectivity index (χ4v) is 2.62. The normalized spacial score (nSPS) is 12.2. The lowest BCUT2D eigenvalue weighted by atomic mass is 10.7. The number of carbonyl (C=O) groups excluding carboxylic acids is 1. The second-order valence-electron chi connectivity index (χ2n) is 3.41. The minimum absolute atomic E-state index is 0.278. The van der Waals surface area contributed by atoms with Crippen molar-refractivity contribution >= 4 is 40.4 Å². The number of hydrogen-bond donors (Lipinski definition) is 2. The molecule has 0 radical (unpaired) electrons. The number of aromatic nitrogens is 2. The van der Waals surface area contributed by atoms with Crippen LogP contribution in [0.15, 0.2) is 6.20 Å². The van der Waals surface area contributed by atoms with Crippen LogP contribution in [0.25, 0.3) is 0 Å². The van der Waals surface area contributed by atoms with Gasteiger partial charge in [0.05, 0.1) is 11.9 Å². The van der Waals surface area contributed by atoms with Crippen LogP contribution in [0.3, 0.4) is 0 Å². The van der Waals surface area contributed by atoms with E-state index in [1.807, 2.05) is 0 Å². The number of nitrogens with zero attached hydrogens (tertiary/aromatic N) is 2. The van der Waals surface area contributed by atoms with E-state index in [0.717, 1.165) is 0 Å². The lowest BCUT2D eigenvalue weighted by Crippen LogP contribution is -2.34. The Morgan fingerprint density at radius 3 is 2.94 bits per heavy atom. The SMILES string of the molecule is CSNC(=O)NCCS(=O)Cc1ncc(Cl)n1C. The molecule has 9 heteroatoms. The Morgan fingerprint density at radius 2 is 2.39 bits per heavy atom. The Morgan fingerprint density at radius 1 is 1.67 bits per heavy atom. The topological polar surface area (TPSA) is 76.0 Å². The van der Waals surface area contributed by atoms with Gasteiger partial charge in [0.25, 0.3) is 0 Å². The molecule has 0 aromatic carbocycles. The Kier molecular flexibility index (Phi) is 6.51. The molecule has 0 aliphatic rings. The van der Waals surface area contributed by atoms with Crippen molar-refractivity contribution in [3.8, 4) is 0 Å². The van der Waals surface area contributed by atoms with Crippen molar-refractivity contribution < 1.29 is 9.00 Å². The van der Waals surface area contributed by atoms with E-state index in [1.165, 1.54) is 18.1 Å². The van der Waals surface area contributed by atoms with E-state index in [1.54, 1.807) is 17.9 Å². The van der Waals surface area contributed by atoms with Crippen LogP contribution in [-0.2, 0) is 23.6 Å². The minimum Gasteiger partial charge on any atom is -0.337 e. The van der Waals surface area contributed by atoms with Crippen LogP contribution in [0.1, 0.15) is 5.82 Å². The van der Waals surface area contributed by atoms with E-state index in [2.05, 4.69) is 15.0 Å². The van der Waals surface area contributed by atoms with E-state index < -0.39 is 10.8 Å². The van der Waals surface area contributed by atoms with Crippen molar-refractivity contribution in [2.45, 2.75) is 5.75 Å². The maximum absolute atomic E-state index is 11.8. The lowest BCUT2D eigenvalue weighted by molar-refractivity contribution is 0.247. The highest BCUT2D eigenvalue weighted by atomic mass is 35.5. The van der Waals surface area contributed by atoms with Crippen molar-refractivity contribution in [3.63, 3.8) is 0 Å². The second-order valence-corrected chi connectivity index (χ2v) is 5.98. The Balaban J connectivity index is 2.30. The Labute approximate surface area is 117 Å². The van der Waals surface area contributed by atoms with E-state index in [0.29, 0.717) is 29.0 Å². The molecule has 0 fully saturated rings. The summed E-state index contributed by atoms with van der Waals surface area (Å²) in [5.41, 5.74) is 0. The second kappa shape index (κ2) is 7.65. The molecule has 0 aliphatic carbocycles. The molecule has 2 amide bonds. The monoisotopic (exact) mass is 310 g/mol. The smallest absolute Gasteiger partial charge is 0.324 e. The molecule has 1 unspecified atom stereocenters. The summed E-state index contributed by atoms with van der Waals surface area (Å²) < 4.78 is 16.0. The van der Waals surface area contributed by atoms with Gasteiger partial charge in [-0.15, -0.1) is 0 Å². The van der Waals surface area contributed by atoms with Gasteiger partial charge in [-0.2, -0.15) is 0 Å². The minimum atomic E-state index is -1.08. The third-order valence-electron chi connectivity index (χ3n) is 2.13. The summed E-state index contributed by atoms with van der Waals surface area (Å²) in [6, 6.07) is -0.278. The molecule has 1 rings (SSSR count). The summed E-state index contributed by atoms with van der Waals surface area (Å²) in [6.07, 6.45) is 3.28.